The Labute approximate surface area is 230 Å². The maximum Gasteiger partial charge on any atom is 0.245 e. The van der Waals surface area contributed by atoms with Gasteiger partial charge in [0.15, 0.2) is 11.2 Å². The molecule has 10 heteroatoms. The van der Waals surface area contributed by atoms with E-state index in [0.717, 1.165) is 60.6 Å². The highest BCUT2D eigenvalue weighted by molar-refractivity contribution is 6.33. The van der Waals surface area contributed by atoms with Crippen LogP contribution in [-0.4, -0.2) is 45.8 Å². The van der Waals surface area contributed by atoms with E-state index in [1.807, 2.05) is 47.4 Å². The number of aryl methyl sites for hydroxylation is 2. The second-order valence-electron chi connectivity index (χ2n) is 10.7. The van der Waals surface area contributed by atoms with Crippen LogP contribution in [0, 0.1) is 6.92 Å². The summed E-state index contributed by atoms with van der Waals surface area (Å²) in [5, 5.41) is 0.546. The summed E-state index contributed by atoms with van der Waals surface area (Å²) in [5.41, 5.74) is 3.91. The topological polar surface area (TPSA) is 92.8 Å². The van der Waals surface area contributed by atoms with Gasteiger partial charge in [0.05, 0.1) is 23.8 Å². The second kappa shape index (κ2) is 9.34. The van der Waals surface area contributed by atoms with Gasteiger partial charge in [-0.05, 0) is 69.0 Å². The Bertz CT molecular complexity index is 1690. The molecule has 1 saturated carbocycles. The lowest BCUT2D eigenvalue weighted by Crippen LogP contribution is -2.29. The number of hydrogen-bond donors (Lipinski definition) is 0. The fourth-order valence-electron chi connectivity index (χ4n) is 5.08. The van der Waals surface area contributed by atoms with Crippen molar-refractivity contribution >= 4 is 22.8 Å². The molecular weight excluding hydrogens is 514 g/mol. The fourth-order valence-corrected chi connectivity index (χ4v) is 5.33. The minimum absolute atomic E-state index is 0.0596. The number of ether oxygens (including phenoxy) is 2. The van der Waals surface area contributed by atoms with Crippen LogP contribution in [0.1, 0.15) is 43.3 Å². The van der Waals surface area contributed by atoms with Gasteiger partial charge in [0, 0.05) is 30.6 Å². The van der Waals surface area contributed by atoms with Crippen LogP contribution in [-0.2, 0) is 19.5 Å². The molecule has 0 saturated heterocycles. The van der Waals surface area contributed by atoms with Crippen molar-refractivity contribution in [2.24, 2.45) is 0 Å². The van der Waals surface area contributed by atoms with Crippen molar-refractivity contribution in [2.45, 2.75) is 64.3 Å². The minimum Gasteiger partial charge on any atom is -0.489 e. The summed E-state index contributed by atoms with van der Waals surface area (Å²) >= 11 is 6.90. The number of hydrogen-bond acceptors (Lipinski definition) is 7. The van der Waals surface area contributed by atoms with Crippen LogP contribution in [0.15, 0.2) is 55.2 Å². The van der Waals surface area contributed by atoms with Crippen molar-refractivity contribution in [1.82, 2.24) is 34.1 Å². The molecule has 1 atom stereocenters. The van der Waals surface area contributed by atoms with E-state index >= 15 is 0 Å². The average molecular weight is 542 g/mol. The number of imidazole rings is 2. The molecule has 7 rings (SSSR count). The highest BCUT2D eigenvalue weighted by Crippen LogP contribution is 2.41. The number of rotatable bonds is 7. The Morgan fingerprint density at radius 1 is 1.08 bits per heavy atom. The van der Waals surface area contributed by atoms with Gasteiger partial charge in [-0.3, -0.25) is 4.98 Å². The standard InChI is InChI=1S/C29H28ClN7O2/c1-18-7-10-31-19(13-18)15-37-26(35-25-27(37)33-17-34-28(25)39-29(2)8-9-29)22-5-3-20(14-23(22)30)38-21-4-6-24-32-11-12-36(24)16-21/h3,5,7,10-14,17,21H,4,6,8-9,15-16H2,1-2H3. The third-order valence-electron chi connectivity index (χ3n) is 7.46. The van der Waals surface area contributed by atoms with Gasteiger partial charge in [-0.25, -0.2) is 15.0 Å². The van der Waals surface area contributed by atoms with Crippen molar-refractivity contribution in [2.75, 3.05) is 0 Å². The molecule has 1 unspecified atom stereocenters. The summed E-state index contributed by atoms with van der Waals surface area (Å²) in [6.45, 7) is 5.39. The van der Waals surface area contributed by atoms with Crippen molar-refractivity contribution in [3.05, 3.63) is 77.4 Å². The van der Waals surface area contributed by atoms with Crippen LogP contribution in [0.4, 0.5) is 0 Å². The smallest absolute Gasteiger partial charge is 0.245 e. The van der Waals surface area contributed by atoms with E-state index in [-0.39, 0.29) is 11.7 Å². The molecule has 5 heterocycles. The summed E-state index contributed by atoms with van der Waals surface area (Å²) in [5.74, 6) is 3.00. The Balaban J connectivity index is 1.25. The zero-order chi connectivity index (χ0) is 26.6. The van der Waals surface area contributed by atoms with E-state index in [4.69, 9.17) is 26.1 Å². The van der Waals surface area contributed by atoms with Crippen LogP contribution in [0.25, 0.3) is 22.6 Å². The summed E-state index contributed by atoms with van der Waals surface area (Å²) in [4.78, 5) is 23.0. The largest absolute Gasteiger partial charge is 0.489 e. The predicted molar refractivity (Wildman–Crippen MR) is 147 cm³/mol. The van der Waals surface area contributed by atoms with Crippen molar-refractivity contribution in [3.63, 3.8) is 0 Å². The van der Waals surface area contributed by atoms with E-state index < -0.39 is 0 Å². The molecule has 0 N–H and O–H groups in total. The van der Waals surface area contributed by atoms with Crippen LogP contribution in [0.3, 0.4) is 0 Å². The van der Waals surface area contributed by atoms with Crippen molar-refractivity contribution < 1.29 is 9.47 Å². The number of pyridine rings is 1. The molecule has 4 aromatic heterocycles. The molecule has 9 nitrogen and oxygen atoms in total. The molecule has 5 aromatic rings. The Morgan fingerprint density at radius 3 is 2.79 bits per heavy atom. The summed E-state index contributed by atoms with van der Waals surface area (Å²) < 4.78 is 16.7. The van der Waals surface area contributed by atoms with E-state index in [1.54, 1.807) is 0 Å². The lowest BCUT2D eigenvalue weighted by molar-refractivity contribution is 0.155. The van der Waals surface area contributed by atoms with Gasteiger partial charge in [0.25, 0.3) is 0 Å². The molecular formula is C29H28ClN7O2. The Hall–Kier alpha value is -3.98. The summed E-state index contributed by atoms with van der Waals surface area (Å²) in [6.07, 6.45) is 11.0. The van der Waals surface area contributed by atoms with Gasteiger partial charge < -0.3 is 18.6 Å². The highest BCUT2D eigenvalue weighted by atomic mass is 35.5. The van der Waals surface area contributed by atoms with Crippen molar-refractivity contribution in [1.29, 1.82) is 0 Å². The van der Waals surface area contributed by atoms with Crippen LogP contribution < -0.4 is 9.47 Å². The van der Waals surface area contributed by atoms with Crippen molar-refractivity contribution in [3.8, 4) is 23.0 Å². The molecule has 0 amide bonds. The monoisotopic (exact) mass is 541 g/mol. The normalized spacial score (nSPS) is 17.7. The lowest BCUT2D eigenvalue weighted by Gasteiger charge is -2.25. The minimum atomic E-state index is -0.198. The summed E-state index contributed by atoms with van der Waals surface area (Å²) in [7, 11) is 0. The number of fused-ring (bicyclic) bond motifs is 2. The lowest BCUT2D eigenvalue weighted by atomic mass is 10.1. The third kappa shape index (κ3) is 4.71. The molecule has 198 valence electrons. The maximum absolute atomic E-state index is 6.90. The predicted octanol–water partition coefficient (Wildman–Crippen LogP) is 5.42. The van der Waals surface area contributed by atoms with Gasteiger partial charge in [0.1, 0.15) is 35.4 Å². The zero-order valence-electron chi connectivity index (χ0n) is 21.8. The van der Waals surface area contributed by atoms with Gasteiger partial charge in [-0.1, -0.05) is 11.6 Å². The van der Waals surface area contributed by atoms with Gasteiger partial charge in [0.2, 0.25) is 5.88 Å². The molecule has 39 heavy (non-hydrogen) atoms. The third-order valence-corrected chi connectivity index (χ3v) is 7.78. The number of aromatic nitrogens is 7. The highest BCUT2D eigenvalue weighted by Gasteiger charge is 2.41. The molecule has 1 aliphatic heterocycles. The first kappa shape index (κ1) is 24.1. The summed E-state index contributed by atoms with van der Waals surface area (Å²) in [6, 6.07) is 9.82. The fraction of sp³-hybridized carbons (Fsp3) is 0.345. The van der Waals surface area contributed by atoms with E-state index in [9.17, 15) is 0 Å². The first-order chi connectivity index (χ1) is 18.9. The Morgan fingerprint density at radius 2 is 1.97 bits per heavy atom. The molecule has 0 bridgehead atoms. The van der Waals surface area contributed by atoms with Gasteiger partial charge in [-0.15, -0.1) is 0 Å². The second-order valence-corrected chi connectivity index (χ2v) is 11.1. The maximum atomic E-state index is 6.90. The van der Waals surface area contributed by atoms with Crippen LogP contribution in [0.5, 0.6) is 11.6 Å². The van der Waals surface area contributed by atoms with E-state index in [0.29, 0.717) is 34.4 Å². The van der Waals surface area contributed by atoms with Gasteiger partial charge in [-0.2, -0.15) is 4.98 Å². The number of halogens is 1. The van der Waals surface area contributed by atoms with E-state index in [1.165, 1.54) is 6.33 Å². The first-order valence-electron chi connectivity index (χ1n) is 13.2. The molecule has 0 spiro atoms. The van der Waals surface area contributed by atoms with Crippen LogP contribution in [0.2, 0.25) is 5.02 Å². The molecule has 1 aromatic carbocycles. The molecule has 2 aliphatic rings. The number of benzene rings is 1. The Kier molecular flexibility index (Phi) is 5.77. The zero-order valence-corrected chi connectivity index (χ0v) is 22.6. The van der Waals surface area contributed by atoms with E-state index in [2.05, 4.69) is 44.4 Å². The van der Waals surface area contributed by atoms with Gasteiger partial charge >= 0.3 is 0 Å². The molecule has 1 fully saturated rings. The molecule has 1 aliphatic carbocycles. The quantitative estimate of drug-likeness (QED) is 0.271. The average Bonchev–Trinajstić information content (AvgIpc) is 3.29. The van der Waals surface area contributed by atoms with Crippen LogP contribution >= 0.6 is 11.6 Å². The molecule has 0 radical (unpaired) electrons. The first-order valence-corrected chi connectivity index (χ1v) is 13.6. The SMILES string of the molecule is Cc1ccnc(Cn2c(-c3ccc(OC4CCc5nccn5C4)cc3Cl)nc3c(OC4(C)CC4)ncnc32)c1. The number of nitrogens with zero attached hydrogens (tertiary/aromatic N) is 7.